The summed E-state index contributed by atoms with van der Waals surface area (Å²) in [5.41, 5.74) is 4.81. The van der Waals surface area contributed by atoms with Crippen molar-refractivity contribution in [1.82, 2.24) is 4.98 Å². The summed E-state index contributed by atoms with van der Waals surface area (Å²) < 4.78 is 1.17. The van der Waals surface area contributed by atoms with Crippen molar-refractivity contribution >= 4 is 37.6 Å². The fourth-order valence-corrected chi connectivity index (χ4v) is 4.69. The first-order valence-corrected chi connectivity index (χ1v) is 9.40. The SMILES string of the molecule is Cc1ccc(-c2c(C(C)C(=O)O)c(C)nc3sc4ccccc4c23)cc1. The summed E-state index contributed by atoms with van der Waals surface area (Å²) in [6, 6.07) is 16.5. The molecule has 4 aromatic rings. The average molecular weight is 361 g/mol. The molecule has 4 heteroatoms. The number of nitrogens with zero attached hydrogens (tertiary/aromatic N) is 1. The second-order valence-corrected chi connectivity index (χ2v) is 7.72. The van der Waals surface area contributed by atoms with Crippen molar-refractivity contribution in [2.75, 3.05) is 0 Å². The number of aryl methyl sites for hydroxylation is 2. The van der Waals surface area contributed by atoms with Gasteiger partial charge in [-0.3, -0.25) is 4.79 Å². The van der Waals surface area contributed by atoms with Gasteiger partial charge in [-0.25, -0.2) is 4.98 Å². The van der Waals surface area contributed by atoms with Crippen LogP contribution in [0.1, 0.15) is 29.7 Å². The van der Waals surface area contributed by atoms with Crippen molar-refractivity contribution in [2.24, 2.45) is 0 Å². The Bertz CT molecular complexity index is 1140. The van der Waals surface area contributed by atoms with Crippen molar-refractivity contribution in [1.29, 1.82) is 0 Å². The number of carbonyl (C=O) groups is 1. The van der Waals surface area contributed by atoms with Gasteiger partial charge in [0.05, 0.1) is 5.92 Å². The average Bonchev–Trinajstić information content (AvgIpc) is 2.98. The highest BCUT2D eigenvalue weighted by atomic mass is 32.1. The first-order valence-electron chi connectivity index (χ1n) is 8.59. The third-order valence-corrected chi connectivity index (χ3v) is 5.96. The van der Waals surface area contributed by atoms with Crippen LogP contribution in [0.3, 0.4) is 0 Å². The Labute approximate surface area is 155 Å². The van der Waals surface area contributed by atoms with Crippen LogP contribution >= 0.6 is 11.3 Å². The van der Waals surface area contributed by atoms with E-state index in [9.17, 15) is 9.90 Å². The van der Waals surface area contributed by atoms with Crippen LogP contribution in [-0.4, -0.2) is 16.1 Å². The minimum atomic E-state index is -0.831. The molecule has 0 saturated heterocycles. The van der Waals surface area contributed by atoms with Gasteiger partial charge in [-0.1, -0.05) is 48.0 Å². The van der Waals surface area contributed by atoms with E-state index in [0.717, 1.165) is 38.0 Å². The molecule has 0 spiro atoms. The van der Waals surface area contributed by atoms with Crippen LogP contribution in [0.4, 0.5) is 0 Å². The van der Waals surface area contributed by atoms with Crippen LogP contribution < -0.4 is 0 Å². The third-order valence-electron chi connectivity index (χ3n) is 4.90. The number of thiophene rings is 1. The lowest BCUT2D eigenvalue weighted by Crippen LogP contribution is -2.11. The minimum absolute atomic E-state index is 0.623. The minimum Gasteiger partial charge on any atom is -0.481 e. The Kier molecular flexibility index (Phi) is 4.00. The highest BCUT2D eigenvalue weighted by Gasteiger charge is 2.25. The van der Waals surface area contributed by atoms with Crippen LogP contribution in [0.5, 0.6) is 0 Å². The van der Waals surface area contributed by atoms with E-state index in [4.69, 9.17) is 4.98 Å². The van der Waals surface area contributed by atoms with Crippen LogP contribution in [0.15, 0.2) is 48.5 Å². The molecule has 2 heterocycles. The third kappa shape index (κ3) is 2.58. The molecule has 0 fully saturated rings. The number of hydrogen-bond donors (Lipinski definition) is 1. The molecule has 0 radical (unpaired) electrons. The molecule has 2 aromatic carbocycles. The maximum Gasteiger partial charge on any atom is 0.310 e. The van der Waals surface area contributed by atoms with E-state index in [-0.39, 0.29) is 0 Å². The predicted octanol–water partition coefficient (Wildman–Crippen LogP) is 5.92. The fraction of sp³-hybridized carbons (Fsp3) is 0.182. The van der Waals surface area contributed by atoms with Crippen LogP contribution in [0, 0.1) is 13.8 Å². The molecule has 2 aromatic heterocycles. The number of pyridine rings is 1. The highest BCUT2D eigenvalue weighted by molar-refractivity contribution is 7.25. The smallest absolute Gasteiger partial charge is 0.310 e. The Morgan fingerprint density at radius 2 is 1.77 bits per heavy atom. The van der Waals surface area contributed by atoms with Gasteiger partial charge >= 0.3 is 5.97 Å². The van der Waals surface area contributed by atoms with Gasteiger partial charge in [0, 0.05) is 21.2 Å². The summed E-state index contributed by atoms with van der Waals surface area (Å²) in [5.74, 6) is -1.45. The lowest BCUT2D eigenvalue weighted by Gasteiger charge is -2.18. The molecule has 3 nitrogen and oxygen atoms in total. The monoisotopic (exact) mass is 361 g/mol. The molecular formula is C22H19NO2S. The molecule has 1 unspecified atom stereocenters. The molecule has 0 amide bonds. The lowest BCUT2D eigenvalue weighted by molar-refractivity contribution is -0.138. The number of hydrogen-bond acceptors (Lipinski definition) is 3. The first-order chi connectivity index (χ1) is 12.5. The Hall–Kier alpha value is -2.72. The molecule has 0 saturated carbocycles. The second-order valence-electron chi connectivity index (χ2n) is 6.69. The molecule has 1 atom stereocenters. The van der Waals surface area contributed by atoms with E-state index in [0.29, 0.717) is 0 Å². The zero-order chi connectivity index (χ0) is 18.4. The zero-order valence-corrected chi connectivity index (χ0v) is 15.7. The van der Waals surface area contributed by atoms with Crippen LogP contribution in [0.25, 0.3) is 31.4 Å². The Morgan fingerprint density at radius 1 is 1.08 bits per heavy atom. The van der Waals surface area contributed by atoms with E-state index in [2.05, 4.69) is 43.3 Å². The molecular weight excluding hydrogens is 342 g/mol. The Balaban J connectivity index is 2.20. The molecule has 1 N–H and O–H groups in total. The lowest BCUT2D eigenvalue weighted by atomic mass is 9.88. The number of carboxylic acids is 1. The summed E-state index contributed by atoms with van der Waals surface area (Å²) in [5, 5.41) is 11.9. The number of rotatable bonds is 3. The molecule has 0 aliphatic rings. The summed E-state index contributed by atoms with van der Waals surface area (Å²) in [7, 11) is 0. The van der Waals surface area contributed by atoms with Crippen molar-refractivity contribution in [3.05, 3.63) is 65.4 Å². The summed E-state index contributed by atoms with van der Waals surface area (Å²) in [6.07, 6.45) is 0. The molecule has 0 bridgehead atoms. The largest absolute Gasteiger partial charge is 0.481 e. The predicted molar refractivity (Wildman–Crippen MR) is 108 cm³/mol. The van der Waals surface area contributed by atoms with Gasteiger partial charge < -0.3 is 5.11 Å². The van der Waals surface area contributed by atoms with E-state index in [1.165, 1.54) is 10.3 Å². The van der Waals surface area contributed by atoms with Crippen molar-refractivity contribution in [3.63, 3.8) is 0 Å². The molecule has 26 heavy (non-hydrogen) atoms. The summed E-state index contributed by atoms with van der Waals surface area (Å²) in [4.78, 5) is 17.5. The van der Waals surface area contributed by atoms with E-state index >= 15 is 0 Å². The van der Waals surface area contributed by atoms with Crippen molar-refractivity contribution in [2.45, 2.75) is 26.7 Å². The second kappa shape index (κ2) is 6.22. The normalized spacial score (nSPS) is 12.6. The Morgan fingerprint density at radius 3 is 2.46 bits per heavy atom. The number of aliphatic carboxylic acids is 1. The topological polar surface area (TPSA) is 50.2 Å². The molecule has 0 aliphatic carbocycles. The van der Waals surface area contributed by atoms with Gasteiger partial charge in [-0.2, -0.15) is 0 Å². The van der Waals surface area contributed by atoms with E-state index in [1.807, 2.05) is 19.1 Å². The first kappa shape index (κ1) is 16.7. The van der Waals surface area contributed by atoms with Gasteiger partial charge in [0.15, 0.2) is 0 Å². The maximum absolute atomic E-state index is 11.8. The number of benzene rings is 2. The van der Waals surface area contributed by atoms with Gasteiger partial charge in [0.25, 0.3) is 0 Å². The molecule has 4 rings (SSSR count). The number of aromatic nitrogens is 1. The van der Waals surface area contributed by atoms with Crippen molar-refractivity contribution < 1.29 is 9.90 Å². The molecule has 0 aliphatic heterocycles. The van der Waals surface area contributed by atoms with Crippen LogP contribution in [-0.2, 0) is 4.79 Å². The maximum atomic E-state index is 11.8. The quantitative estimate of drug-likeness (QED) is 0.492. The number of carboxylic acid groups (broad SMARTS) is 1. The van der Waals surface area contributed by atoms with Gasteiger partial charge in [-0.05, 0) is 43.5 Å². The molecule has 130 valence electrons. The number of fused-ring (bicyclic) bond motifs is 3. The summed E-state index contributed by atoms with van der Waals surface area (Å²) >= 11 is 1.66. The van der Waals surface area contributed by atoms with E-state index < -0.39 is 11.9 Å². The highest BCUT2D eigenvalue weighted by Crippen LogP contribution is 2.43. The fourth-order valence-electron chi connectivity index (χ4n) is 3.55. The van der Waals surface area contributed by atoms with E-state index in [1.54, 1.807) is 18.3 Å². The zero-order valence-electron chi connectivity index (χ0n) is 14.9. The van der Waals surface area contributed by atoms with Crippen LogP contribution in [0.2, 0.25) is 0 Å². The van der Waals surface area contributed by atoms with Gasteiger partial charge in [0.1, 0.15) is 4.83 Å². The van der Waals surface area contributed by atoms with Gasteiger partial charge in [0.2, 0.25) is 0 Å². The standard InChI is InChI=1S/C22H19NO2S/c1-12-8-10-15(11-9-12)19-18(13(2)22(24)25)14(3)23-21-20(19)16-6-4-5-7-17(16)26-21/h4-11,13H,1-3H3,(H,24,25). The van der Waals surface area contributed by atoms with Crippen molar-refractivity contribution in [3.8, 4) is 11.1 Å². The summed E-state index contributed by atoms with van der Waals surface area (Å²) in [6.45, 7) is 5.71. The van der Waals surface area contributed by atoms with Gasteiger partial charge in [-0.15, -0.1) is 11.3 Å².